The number of alkyl halides is 3. The van der Waals surface area contributed by atoms with Crippen LogP contribution in [-0.4, -0.2) is 11.4 Å². The normalized spacial score (nSPS) is 12.3. The monoisotopic (exact) mass is 264 g/mol. The van der Waals surface area contributed by atoms with Gasteiger partial charge in [-0.2, -0.15) is 13.2 Å². The molecule has 0 atom stereocenters. The van der Waals surface area contributed by atoms with Crippen molar-refractivity contribution in [2.45, 2.75) is 25.6 Å². The molecule has 0 saturated carbocycles. The lowest BCUT2D eigenvalue weighted by Crippen LogP contribution is -2.45. The zero-order valence-electron chi connectivity index (χ0n) is 9.73. The molecular formula is C11H12F4N2O. The third-order valence-electron chi connectivity index (χ3n) is 2.34. The summed E-state index contributed by atoms with van der Waals surface area (Å²) in [7, 11) is 0. The van der Waals surface area contributed by atoms with Gasteiger partial charge in [-0.25, -0.2) is 4.39 Å². The van der Waals surface area contributed by atoms with Crippen LogP contribution in [-0.2, 0) is 11.0 Å². The number of amides is 1. The number of nitrogens with one attached hydrogen (secondary N) is 1. The minimum absolute atomic E-state index is 0.0347. The Morgan fingerprint density at radius 1 is 1.28 bits per heavy atom. The van der Waals surface area contributed by atoms with E-state index in [9.17, 15) is 22.4 Å². The molecule has 18 heavy (non-hydrogen) atoms. The quantitative estimate of drug-likeness (QED) is 0.824. The lowest BCUT2D eigenvalue weighted by molar-refractivity contribution is -0.139. The van der Waals surface area contributed by atoms with E-state index in [0.29, 0.717) is 12.1 Å². The molecule has 0 radical (unpaired) electrons. The van der Waals surface area contributed by atoms with Crippen LogP contribution in [0.4, 0.5) is 23.2 Å². The molecule has 3 N–H and O–H groups in total. The maximum absolute atomic E-state index is 13.0. The second-order valence-corrected chi connectivity index (χ2v) is 4.31. The summed E-state index contributed by atoms with van der Waals surface area (Å²) in [6, 6.07) is 2.39. The zero-order chi connectivity index (χ0) is 14.1. The summed E-state index contributed by atoms with van der Waals surface area (Å²) in [5.41, 5.74) is 2.41. The molecule has 0 saturated heterocycles. The predicted octanol–water partition coefficient (Wildman–Crippen LogP) is 2.52. The van der Waals surface area contributed by atoms with Gasteiger partial charge < -0.3 is 11.1 Å². The molecule has 0 aliphatic carbocycles. The van der Waals surface area contributed by atoms with Gasteiger partial charge in [-0.1, -0.05) is 0 Å². The van der Waals surface area contributed by atoms with E-state index >= 15 is 0 Å². The fourth-order valence-electron chi connectivity index (χ4n) is 1.24. The van der Waals surface area contributed by atoms with Gasteiger partial charge >= 0.3 is 6.18 Å². The number of primary amides is 1. The van der Waals surface area contributed by atoms with Gasteiger partial charge in [0.05, 0.1) is 5.56 Å². The highest BCUT2D eigenvalue weighted by Gasteiger charge is 2.35. The molecule has 0 unspecified atom stereocenters. The first kappa shape index (κ1) is 14.3. The molecule has 0 aliphatic rings. The van der Waals surface area contributed by atoms with Gasteiger partial charge in [0, 0.05) is 5.69 Å². The summed E-state index contributed by atoms with van der Waals surface area (Å²) >= 11 is 0. The first-order valence-electron chi connectivity index (χ1n) is 4.99. The summed E-state index contributed by atoms with van der Waals surface area (Å²) in [5, 5.41) is 2.52. The van der Waals surface area contributed by atoms with Crippen molar-refractivity contribution < 1.29 is 22.4 Å². The van der Waals surface area contributed by atoms with Crippen LogP contribution in [0.15, 0.2) is 18.2 Å². The number of rotatable bonds is 3. The van der Waals surface area contributed by atoms with E-state index in [0.717, 1.165) is 6.07 Å². The van der Waals surface area contributed by atoms with Gasteiger partial charge in [-0.05, 0) is 32.0 Å². The third-order valence-corrected chi connectivity index (χ3v) is 2.34. The van der Waals surface area contributed by atoms with Crippen LogP contribution in [0.25, 0.3) is 0 Å². The average molecular weight is 264 g/mol. The van der Waals surface area contributed by atoms with Crippen LogP contribution in [0, 0.1) is 5.82 Å². The highest BCUT2D eigenvalue weighted by Crippen LogP contribution is 2.33. The minimum Gasteiger partial charge on any atom is -0.372 e. The minimum atomic E-state index is -4.79. The highest BCUT2D eigenvalue weighted by molar-refractivity contribution is 5.86. The van der Waals surface area contributed by atoms with Crippen LogP contribution in [0.5, 0.6) is 0 Å². The van der Waals surface area contributed by atoms with Gasteiger partial charge in [0.25, 0.3) is 0 Å². The molecule has 0 fully saturated rings. The van der Waals surface area contributed by atoms with Crippen molar-refractivity contribution in [3.8, 4) is 0 Å². The molecule has 100 valence electrons. The van der Waals surface area contributed by atoms with Crippen LogP contribution in [0.3, 0.4) is 0 Å². The van der Waals surface area contributed by atoms with E-state index in [1.54, 1.807) is 0 Å². The lowest BCUT2D eigenvalue weighted by Gasteiger charge is -2.24. The molecule has 1 aromatic rings. The van der Waals surface area contributed by atoms with Crippen molar-refractivity contribution in [1.29, 1.82) is 0 Å². The number of halogens is 4. The fourth-order valence-corrected chi connectivity index (χ4v) is 1.24. The first-order valence-corrected chi connectivity index (χ1v) is 4.99. The number of carbonyl (C=O) groups excluding carboxylic acids is 1. The number of hydrogen-bond acceptors (Lipinski definition) is 2. The van der Waals surface area contributed by atoms with Gasteiger partial charge in [0.2, 0.25) is 5.91 Å². The number of anilines is 1. The Bertz CT molecular complexity index is 469. The van der Waals surface area contributed by atoms with Gasteiger partial charge in [-0.3, -0.25) is 4.79 Å². The standard InChI is InChI=1S/C11H12F4N2O/c1-10(2,9(16)18)17-6-3-4-8(12)7(5-6)11(13,14)15/h3-5,17H,1-2H3,(H2,16,18). The van der Waals surface area contributed by atoms with Crippen molar-refractivity contribution in [2.75, 3.05) is 5.32 Å². The lowest BCUT2D eigenvalue weighted by atomic mass is 10.0. The van der Waals surface area contributed by atoms with E-state index in [1.165, 1.54) is 13.8 Å². The average Bonchev–Trinajstić information content (AvgIpc) is 2.18. The number of benzene rings is 1. The van der Waals surface area contributed by atoms with E-state index < -0.39 is 29.0 Å². The van der Waals surface area contributed by atoms with Gasteiger partial charge in [0.1, 0.15) is 11.4 Å². The van der Waals surface area contributed by atoms with Crippen molar-refractivity contribution in [1.82, 2.24) is 0 Å². The van der Waals surface area contributed by atoms with Crippen LogP contribution < -0.4 is 11.1 Å². The summed E-state index contributed by atoms with van der Waals surface area (Å²) in [6.45, 7) is 2.82. The van der Waals surface area contributed by atoms with Crippen LogP contribution in [0.1, 0.15) is 19.4 Å². The number of carbonyl (C=O) groups is 1. The van der Waals surface area contributed by atoms with E-state index in [4.69, 9.17) is 5.73 Å². The Morgan fingerprint density at radius 2 is 1.83 bits per heavy atom. The number of hydrogen-bond donors (Lipinski definition) is 2. The summed E-state index contributed by atoms with van der Waals surface area (Å²) in [6.07, 6.45) is -4.79. The summed E-state index contributed by atoms with van der Waals surface area (Å²) in [5.74, 6) is -2.11. The summed E-state index contributed by atoms with van der Waals surface area (Å²) < 4.78 is 50.4. The second-order valence-electron chi connectivity index (χ2n) is 4.31. The Kier molecular flexibility index (Phi) is 3.54. The highest BCUT2D eigenvalue weighted by atomic mass is 19.4. The van der Waals surface area contributed by atoms with E-state index in [-0.39, 0.29) is 5.69 Å². The molecule has 7 heteroatoms. The Morgan fingerprint density at radius 3 is 2.28 bits per heavy atom. The van der Waals surface area contributed by atoms with Crippen molar-refractivity contribution >= 4 is 11.6 Å². The zero-order valence-corrected chi connectivity index (χ0v) is 9.73. The smallest absolute Gasteiger partial charge is 0.372 e. The molecular weight excluding hydrogens is 252 g/mol. The molecule has 1 amide bonds. The van der Waals surface area contributed by atoms with Crippen molar-refractivity contribution in [3.05, 3.63) is 29.6 Å². The maximum Gasteiger partial charge on any atom is 0.419 e. The molecule has 0 bridgehead atoms. The maximum atomic E-state index is 13.0. The Labute approximate surface area is 101 Å². The van der Waals surface area contributed by atoms with Crippen LogP contribution in [0.2, 0.25) is 0 Å². The van der Waals surface area contributed by atoms with Gasteiger partial charge in [0.15, 0.2) is 0 Å². The molecule has 0 spiro atoms. The molecule has 0 aliphatic heterocycles. The predicted molar refractivity (Wildman–Crippen MR) is 58.3 cm³/mol. The Hall–Kier alpha value is -1.79. The molecule has 3 nitrogen and oxygen atoms in total. The fraction of sp³-hybridized carbons (Fsp3) is 0.364. The molecule has 1 rings (SSSR count). The molecule has 0 aromatic heterocycles. The van der Waals surface area contributed by atoms with Crippen molar-refractivity contribution in [3.63, 3.8) is 0 Å². The van der Waals surface area contributed by atoms with E-state index in [2.05, 4.69) is 5.32 Å². The van der Waals surface area contributed by atoms with E-state index in [1.807, 2.05) is 0 Å². The SMILES string of the molecule is CC(C)(Nc1ccc(F)c(C(F)(F)F)c1)C(N)=O. The first-order chi connectivity index (χ1) is 8.04. The largest absolute Gasteiger partial charge is 0.419 e. The topological polar surface area (TPSA) is 55.1 Å². The van der Waals surface area contributed by atoms with Gasteiger partial charge in [-0.15, -0.1) is 0 Å². The van der Waals surface area contributed by atoms with Crippen LogP contribution >= 0.6 is 0 Å². The Balaban J connectivity index is 3.11. The number of nitrogens with two attached hydrogens (primary N) is 1. The second kappa shape index (κ2) is 4.47. The molecule has 0 heterocycles. The molecule has 1 aromatic carbocycles. The third kappa shape index (κ3) is 3.12. The van der Waals surface area contributed by atoms with Crippen molar-refractivity contribution in [2.24, 2.45) is 5.73 Å². The summed E-state index contributed by atoms with van der Waals surface area (Å²) in [4.78, 5) is 11.0.